The van der Waals surface area contributed by atoms with E-state index in [0.29, 0.717) is 18.6 Å². The lowest BCUT2D eigenvalue weighted by Gasteiger charge is -2.17. The van der Waals surface area contributed by atoms with Crippen LogP contribution in [-0.2, 0) is 19.1 Å². The summed E-state index contributed by atoms with van der Waals surface area (Å²) < 4.78 is 10.6. The summed E-state index contributed by atoms with van der Waals surface area (Å²) in [6.07, 6.45) is 15.1. The second-order valence-corrected chi connectivity index (χ2v) is 9.26. The molecule has 0 radical (unpaired) electrons. The molecule has 1 unspecified atom stereocenters. The third kappa shape index (κ3) is 9.82. The molecule has 2 rings (SSSR count). The number of hydrogen-bond acceptors (Lipinski definition) is 5. The van der Waals surface area contributed by atoms with Crippen LogP contribution in [0, 0.1) is 11.8 Å². The molecule has 1 aromatic carbocycles. The van der Waals surface area contributed by atoms with Crippen molar-refractivity contribution >= 4 is 17.7 Å². The maximum atomic E-state index is 13.2. The monoisotopic (exact) mass is 470 g/mol. The van der Waals surface area contributed by atoms with Crippen LogP contribution < -0.4 is 0 Å². The molecule has 0 aliphatic heterocycles. The molecule has 0 aromatic heterocycles. The minimum atomic E-state index is -0.633. The fourth-order valence-corrected chi connectivity index (χ4v) is 4.78. The van der Waals surface area contributed by atoms with E-state index in [1.54, 1.807) is 31.2 Å². The number of unbranched alkanes of at least 4 members (excludes halogenated alkanes) is 7. The summed E-state index contributed by atoms with van der Waals surface area (Å²) >= 11 is 0. The van der Waals surface area contributed by atoms with Gasteiger partial charge in [0, 0.05) is 12.0 Å². The average molecular weight is 471 g/mol. The van der Waals surface area contributed by atoms with Gasteiger partial charge in [0.2, 0.25) is 0 Å². The minimum absolute atomic E-state index is 0.0433. The Bertz CT molecular complexity index is 770. The second kappa shape index (κ2) is 16.2. The molecule has 0 heterocycles. The first-order valence-electron chi connectivity index (χ1n) is 13.2. The third-order valence-electron chi connectivity index (χ3n) is 6.63. The summed E-state index contributed by atoms with van der Waals surface area (Å²) in [5, 5.41) is 0. The van der Waals surface area contributed by atoms with E-state index in [1.807, 2.05) is 12.1 Å². The molecule has 5 heteroatoms. The number of ketones is 1. The van der Waals surface area contributed by atoms with E-state index >= 15 is 0 Å². The zero-order chi connectivity index (χ0) is 24.6. The zero-order valence-corrected chi connectivity index (χ0v) is 21.0. The number of allylic oxidation sites excluding steroid dienone is 1. The van der Waals surface area contributed by atoms with Gasteiger partial charge in [0.1, 0.15) is 0 Å². The highest BCUT2D eigenvalue weighted by Gasteiger charge is 2.43. The lowest BCUT2D eigenvalue weighted by molar-refractivity contribution is -0.137. The van der Waals surface area contributed by atoms with Crippen LogP contribution in [0.4, 0.5) is 0 Å². The molecule has 1 saturated carbocycles. The number of esters is 2. The lowest BCUT2D eigenvalue weighted by Crippen LogP contribution is -2.25. The molecule has 0 bridgehead atoms. The third-order valence-corrected chi connectivity index (χ3v) is 6.63. The summed E-state index contributed by atoms with van der Waals surface area (Å²) in [7, 11) is 0. The summed E-state index contributed by atoms with van der Waals surface area (Å²) in [5.74, 6) is -0.402. The van der Waals surface area contributed by atoms with Crippen LogP contribution in [-0.4, -0.2) is 30.4 Å². The van der Waals surface area contributed by atoms with Crippen molar-refractivity contribution in [3.63, 3.8) is 0 Å². The quantitative estimate of drug-likeness (QED) is 0.150. The first-order chi connectivity index (χ1) is 16.6. The molecule has 1 aliphatic rings. The maximum absolute atomic E-state index is 13.2. The van der Waals surface area contributed by atoms with Crippen molar-refractivity contribution in [1.82, 2.24) is 0 Å². The molecule has 0 spiro atoms. The van der Waals surface area contributed by atoms with Gasteiger partial charge < -0.3 is 9.47 Å². The van der Waals surface area contributed by atoms with E-state index < -0.39 is 12.1 Å². The second-order valence-electron chi connectivity index (χ2n) is 9.26. The molecule has 5 nitrogen and oxygen atoms in total. The molecule has 1 fully saturated rings. The van der Waals surface area contributed by atoms with Crippen molar-refractivity contribution in [3.8, 4) is 0 Å². The predicted molar refractivity (Wildman–Crippen MR) is 134 cm³/mol. The van der Waals surface area contributed by atoms with E-state index in [4.69, 9.17) is 9.47 Å². The van der Waals surface area contributed by atoms with Crippen LogP contribution in [0.1, 0.15) is 101 Å². The standard InChI is InChI=1S/C29H42O5/c1-3-5-6-7-8-12-19-24-22-26(34-29(32)23-17-13-11-14-18-23)28(31)25(24)20-15-9-10-16-21-27(30)33-4-2/h11,13-14,16-18,21,24-26H,3-10,12,15,19-20,22H2,1-2H3/t24-,25+,26?/m0/s1. The van der Waals surface area contributed by atoms with Crippen LogP contribution in [0.2, 0.25) is 0 Å². The summed E-state index contributed by atoms with van der Waals surface area (Å²) in [6, 6.07) is 8.89. The first-order valence-corrected chi connectivity index (χ1v) is 13.2. The topological polar surface area (TPSA) is 69.7 Å². The van der Waals surface area contributed by atoms with Crippen molar-refractivity contribution in [2.24, 2.45) is 11.8 Å². The highest BCUT2D eigenvalue weighted by molar-refractivity contribution is 5.94. The molecule has 1 aromatic rings. The van der Waals surface area contributed by atoms with Crippen molar-refractivity contribution in [2.45, 2.75) is 97.0 Å². The Morgan fingerprint density at radius 1 is 0.941 bits per heavy atom. The number of carbonyl (C=O) groups is 3. The van der Waals surface area contributed by atoms with E-state index in [1.165, 1.54) is 38.2 Å². The highest BCUT2D eigenvalue weighted by atomic mass is 16.5. The van der Waals surface area contributed by atoms with Gasteiger partial charge in [-0.15, -0.1) is 0 Å². The Kier molecular flexibility index (Phi) is 13.3. The Morgan fingerprint density at radius 3 is 2.38 bits per heavy atom. The van der Waals surface area contributed by atoms with Crippen LogP contribution in [0.5, 0.6) is 0 Å². The van der Waals surface area contributed by atoms with Gasteiger partial charge in [0.25, 0.3) is 0 Å². The smallest absolute Gasteiger partial charge is 0.338 e. The molecule has 34 heavy (non-hydrogen) atoms. The normalized spacial score (nSPS) is 20.1. The summed E-state index contributed by atoms with van der Waals surface area (Å²) in [5.41, 5.74) is 0.486. The van der Waals surface area contributed by atoms with Crippen molar-refractivity contribution in [2.75, 3.05) is 6.61 Å². The van der Waals surface area contributed by atoms with Gasteiger partial charge in [-0.2, -0.15) is 0 Å². The largest absolute Gasteiger partial charge is 0.463 e. The van der Waals surface area contributed by atoms with Crippen molar-refractivity contribution in [3.05, 3.63) is 48.0 Å². The lowest BCUT2D eigenvalue weighted by atomic mass is 9.86. The van der Waals surface area contributed by atoms with Gasteiger partial charge in [-0.3, -0.25) is 4.79 Å². The molecule has 0 saturated heterocycles. The molecule has 3 atom stereocenters. The SMILES string of the molecule is CCCCCCCC[C@H]1CC(OC(=O)c2ccccc2)C(=O)[C@@H]1CCCCC=CC(=O)OCC. The molecular formula is C29H42O5. The Hall–Kier alpha value is -2.43. The highest BCUT2D eigenvalue weighted by Crippen LogP contribution is 2.38. The van der Waals surface area contributed by atoms with Crippen LogP contribution >= 0.6 is 0 Å². The molecule has 0 N–H and O–H groups in total. The Morgan fingerprint density at radius 2 is 1.65 bits per heavy atom. The van der Waals surface area contributed by atoms with E-state index in [9.17, 15) is 14.4 Å². The number of Topliss-reactive ketones (excluding diaryl/α,β-unsaturated/α-hetero) is 1. The molecule has 1 aliphatic carbocycles. The van der Waals surface area contributed by atoms with Gasteiger partial charge in [-0.25, -0.2) is 9.59 Å². The maximum Gasteiger partial charge on any atom is 0.338 e. The number of rotatable bonds is 16. The number of carbonyl (C=O) groups excluding carboxylic acids is 3. The summed E-state index contributed by atoms with van der Waals surface area (Å²) in [4.78, 5) is 37.1. The average Bonchev–Trinajstić information content (AvgIpc) is 3.13. The van der Waals surface area contributed by atoms with Crippen LogP contribution in [0.25, 0.3) is 0 Å². The van der Waals surface area contributed by atoms with E-state index in [0.717, 1.165) is 38.5 Å². The number of ether oxygens (including phenoxy) is 2. The van der Waals surface area contributed by atoms with Crippen molar-refractivity contribution in [1.29, 1.82) is 0 Å². The van der Waals surface area contributed by atoms with Gasteiger partial charge in [0.15, 0.2) is 11.9 Å². The van der Waals surface area contributed by atoms with E-state index in [-0.39, 0.29) is 23.6 Å². The molecule has 188 valence electrons. The van der Waals surface area contributed by atoms with Crippen LogP contribution in [0.3, 0.4) is 0 Å². The molecule has 0 amide bonds. The Labute approximate surface area is 205 Å². The fourth-order valence-electron chi connectivity index (χ4n) is 4.78. The minimum Gasteiger partial charge on any atom is -0.463 e. The first kappa shape index (κ1) is 27.8. The van der Waals surface area contributed by atoms with Gasteiger partial charge in [-0.05, 0) is 57.1 Å². The Balaban J connectivity index is 1.87. The number of benzene rings is 1. The zero-order valence-electron chi connectivity index (χ0n) is 21.0. The van der Waals surface area contributed by atoms with Crippen LogP contribution in [0.15, 0.2) is 42.5 Å². The van der Waals surface area contributed by atoms with E-state index in [2.05, 4.69) is 6.92 Å². The predicted octanol–water partition coefficient (Wildman–Crippen LogP) is 6.85. The van der Waals surface area contributed by atoms with Crippen molar-refractivity contribution < 1.29 is 23.9 Å². The summed E-state index contributed by atoms with van der Waals surface area (Å²) in [6.45, 7) is 4.39. The molecular weight excluding hydrogens is 428 g/mol. The fraction of sp³-hybridized carbons (Fsp3) is 0.621. The number of hydrogen-bond donors (Lipinski definition) is 0. The van der Waals surface area contributed by atoms with Gasteiger partial charge in [0.05, 0.1) is 12.2 Å². The van der Waals surface area contributed by atoms with Gasteiger partial charge >= 0.3 is 11.9 Å². The van der Waals surface area contributed by atoms with Gasteiger partial charge in [-0.1, -0.05) is 76.1 Å².